The number of nitrogens with zero attached hydrogens (tertiary/aromatic N) is 4. The van der Waals surface area contributed by atoms with Crippen LogP contribution in [0.25, 0.3) is 11.2 Å². The first kappa shape index (κ1) is 21.9. The highest BCUT2D eigenvalue weighted by molar-refractivity contribution is 5.93. The molecule has 9 nitrogen and oxygen atoms in total. The van der Waals surface area contributed by atoms with Crippen molar-refractivity contribution in [3.8, 4) is 0 Å². The summed E-state index contributed by atoms with van der Waals surface area (Å²) in [4.78, 5) is 42.9. The quantitative estimate of drug-likeness (QED) is 0.733. The number of imidazole rings is 1. The van der Waals surface area contributed by atoms with Gasteiger partial charge in [0.05, 0.1) is 5.52 Å². The fourth-order valence-corrected chi connectivity index (χ4v) is 3.35. The second-order valence-corrected chi connectivity index (χ2v) is 6.49. The molecule has 0 saturated carbocycles. The van der Waals surface area contributed by atoms with E-state index in [4.69, 9.17) is 0 Å². The molecule has 2 aromatic heterocycles. The summed E-state index contributed by atoms with van der Waals surface area (Å²) in [6, 6.07) is 3.48. The summed E-state index contributed by atoms with van der Waals surface area (Å²) < 4.78 is 3.24. The van der Waals surface area contributed by atoms with Gasteiger partial charge in [0.15, 0.2) is 5.65 Å². The van der Waals surface area contributed by atoms with Gasteiger partial charge in [0, 0.05) is 52.1 Å². The highest BCUT2D eigenvalue weighted by Crippen LogP contribution is 2.15. The van der Waals surface area contributed by atoms with E-state index >= 15 is 0 Å². The molecule has 0 atom stereocenters. The van der Waals surface area contributed by atoms with Gasteiger partial charge in [-0.25, -0.2) is 9.78 Å². The molecular formula is C18H27ClN6O3. The Morgan fingerprint density at radius 3 is 2.43 bits per heavy atom. The second kappa shape index (κ2) is 9.70. The van der Waals surface area contributed by atoms with Crippen molar-refractivity contribution in [1.82, 2.24) is 24.3 Å². The molecule has 10 heteroatoms. The van der Waals surface area contributed by atoms with Crippen LogP contribution in [0.2, 0.25) is 0 Å². The highest BCUT2D eigenvalue weighted by Gasteiger charge is 2.18. The third-order valence-electron chi connectivity index (χ3n) is 4.80. The van der Waals surface area contributed by atoms with Crippen molar-refractivity contribution < 1.29 is 9.59 Å². The van der Waals surface area contributed by atoms with E-state index in [0.29, 0.717) is 37.6 Å². The number of aryl methyl sites for hydroxylation is 2. The predicted octanol–water partition coefficient (Wildman–Crippen LogP) is 0.810. The van der Waals surface area contributed by atoms with Crippen molar-refractivity contribution in [3.05, 3.63) is 22.6 Å². The largest absolute Gasteiger partial charge is 0.340 e. The zero-order valence-corrected chi connectivity index (χ0v) is 17.0. The van der Waals surface area contributed by atoms with E-state index < -0.39 is 0 Å². The fourth-order valence-electron chi connectivity index (χ4n) is 3.35. The maximum Gasteiger partial charge on any atom is 0.330 e. The molecule has 0 radical (unpaired) electrons. The van der Waals surface area contributed by atoms with Crippen LogP contribution in [0.1, 0.15) is 26.7 Å². The van der Waals surface area contributed by atoms with Crippen LogP contribution in [0, 0.1) is 0 Å². The molecule has 0 spiro atoms. The Bertz CT molecular complexity index is 901. The van der Waals surface area contributed by atoms with E-state index in [1.807, 2.05) is 13.8 Å². The van der Waals surface area contributed by atoms with E-state index in [1.54, 1.807) is 26.2 Å². The molecule has 1 fully saturated rings. The third kappa shape index (κ3) is 4.53. The summed E-state index contributed by atoms with van der Waals surface area (Å²) in [5.74, 6) is 0.123. The van der Waals surface area contributed by atoms with Gasteiger partial charge < -0.3 is 15.5 Å². The molecule has 3 rings (SSSR count). The Labute approximate surface area is 169 Å². The minimum absolute atomic E-state index is 0. The van der Waals surface area contributed by atoms with Gasteiger partial charge >= 0.3 is 5.69 Å². The van der Waals surface area contributed by atoms with Crippen molar-refractivity contribution in [1.29, 1.82) is 0 Å². The zero-order chi connectivity index (χ0) is 19.4. The lowest BCUT2D eigenvalue weighted by Gasteiger charge is -2.27. The van der Waals surface area contributed by atoms with Crippen LogP contribution in [-0.2, 0) is 22.7 Å². The van der Waals surface area contributed by atoms with Crippen LogP contribution >= 0.6 is 12.4 Å². The lowest BCUT2D eigenvalue weighted by molar-refractivity contribution is -0.133. The molecule has 3 heterocycles. The molecule has 2 N–H and O–H groups in total. The van der Waals surface area contributed by atoms with Crippen LogP contribution in [0.5, 0.6) is 0 Å². The van der Waals surface area contributed by atoms with E-state index in [9.17, 15) is 14.4 Å². The average molecular weight is 411 g/mol. The molecule has 0 aliphatic carbocycles. The van der Waals surface area contributed by atoms with Crippen LogP contribution in [0.4, 0.5) is 5.82 Å². The minimum Gasteiger partial charge on any atom is -0.340 e. The lowest BCUT2D eigenvalue weighted by atomic mass is 10.2. The molecule has 154 valence electrons. The molecular weight excluding hydrogens is 384 g/mol. The number of nitrogens with one attached hydrogen (secondary N) is 2. The fraction of sp³-hybridized carbons (Fsp3) is 0.556. The van der Waals surface area contributed by atoms with Gasteiger partial charge in [-0.15, -0.1) is 12.4 Å². The van der Waals surface area contributed by atoms with Gasteiger partial charge in [0.25, 0.3) is 0 Å². The van der Waals surface area contributed by atoms with E-state index in [2.05, 4.69) is 15.6 Å². The molecule has 2 aromatic rings. The number of amides is 2. The standard InChI is InChI=1S/C18H26N6O3.ClH/c1-3-23-13-5-6-14(21-17(13)24(4-2)18(23)27)20-15(25)7-8-16(26)22-11-9-19-10-12-22;/h5-6,19H,3-4,7-12H2,1-2H3,(H,20,21,25);1H. The number of rotatable bonds is 6. The number of carbonyl (C=O) groups excluding carboxylic acids is 2. The van der Waals surface area contributed by atoms with Crippen LogP contribution in [-0.4, -0.2) is 57.0 Å². The molecule has 28 heavy (non-hydrogen) atoms. The molecule has 1 aliphatic rings. The van der Waals surface area contributed by atoms with Crippen molar-refractivity contribution in [2.75, 3.05) is 31.5 Å². The monoisotopic (exact) mass is 410 g/mol. The number of piperazine rings is 1. The highest BCUT2D eigenvalue weighted by atomic mass is 35.5. The van der Waals surface area contributed by atoms with Gasteiger partial charge in [-0.2, -0.15) is 0 Å². The minimum atomic E-state index is -0.259. The summed E-state index contributed by atoms with van der Waals surface area (Å²) in [5.41, 5.74) is 1.20. The van der Waals surface area contributed by atoms with E-state index in [-0.39, 0.29) is 42.8 Å². The summed E-state index contributed by atoms with van der Waals surface area (Å²) in [6.07, 6.45) is 0.291. The zero-order valence-electron chi connectivity index (χ0n) is 16.2. The number of pyridine rings is 1. The summed E-state index contributed by atoms with van der Waals surface area (Å²) in [5, 5.41) is 5.93. The Morgan fingerprint density at radius 2 is 1.79 bits per heavy atom. The molecule has 2 amide bonds. The lowest BCUT2D eigenvalue weighted by Crippen LogP contribution is -2.46. The number of carbonyl (C=O) groups is 2. The van der Waals surface area contributed by atoms with Crippen molar-refractivity contribution in [3.63, 3.8) is 0 Å². The van der Waals surface area contributed by atoms with E-state index in [1.165, 1.54) is 0 Å². The summed E-state index contributed by atoms with van der Waals surface area (Å²) in [7, 11) is 0. The first-order valence-corrected chi connectivity index (χ1v) is 9.43. The second-order valence-electron chi connectivity index (χ2n) is 6.49. The van der Waals surface area contributed by atoms with Crippen molar-refractivity contribution in [2.24, 2.45) is 0 Å². The topological polar surface area (TPSA) is 101 Å². The average Bonchev–Trinajstić information content (AvgIpc) is 2.96. The Hall–Kier alpha value is -2.39. The number of fused-ring (bicyclic) bond motifs is 1. The Balaban J connectivity index is 0.00000280. The Kier molecular flexibility index (Phi) is 7.59. The first-order chi connectivity index (χ1) is 13.0. The van der Waals surface area contributed by atoms with Crippen LogP contribution in [0.3, 0.4) is 0 Å². The number of aromatic nitrogens is 3. The van der Waals surface area contributed by atoms with Gasteiger partial charge in [-0.05, 0) is 26.0 Å². The van der Waals surface area contributed by atoms with Crippen molar-refractivity contribution in [2.45, 2.75) is 39.8 Å². The third-order valence-corrected chi connectivity index (χ3v) is 4.80. The SMILES string of the molecule is CCn1c(=O)n(CC)c2nc(NC(=O)CCC(=O)N3CCNCC3)ccc21.Cl. The van der Waals surface area contributed by atoms with Crippen LogP contribution < -0.4 is 16.3 Å². The van der Waals surface area contributed by atoms with Crippen LogP contribution in [0.15, 0.2) is 16.9 Å². The number of hydrogen-bond donors (Lipinski definition) is 2. The molecule has 0 aromatic carbocycles. The maximum absolute atomic E-state index is 12.4. The number of anilines is 1. The summed E-state index contributed by atoms with van der Waals surface area (Å²) >= 11 is 0. The molecule has 0 unspecified atom stereocenters. The predicted molar refractivity (Wildman–Crippen MR) is 110 cm³/mol. The van der Waals surface area contributed by atoms with E-state index in [0.717, 1.165) is 18.6 Å². The normalized spacial score (nSPS) is 14.0. The number of halogens is 1. The first-order valence-electron chi connectivity index (χ1n) is 9.43. The van der Waals surface area contributed by atoms with Gasteiger partial charge in [0.1, 0.15) is 5.82 Å². The molecule has 1 aliphatic heterocycles. The molecule has 1 saturated heterocycles. The maximum atomic E-state index is 12.4. The van der Waals surface area contributed by atoms with Gasteiger partial charge in [-0.3, -0.25) is 18.7 Å². The van der Waals surface area contributed by atoms with Gasteiger partial charge in [0.2, 0.25) is 11.8 Å². The summed E-state index contributed by atoms with van der Waals surface area (Å²) in [6.45, 7) is 7.80. The van der Waals surface area contributed by atoms with Gasteiger partial charge in [-0.1, -0.05) is 0 Å². The molecule has 0 bridgehead atoms. The Morgan fingerprint density at radius 1 is 1.11 bits per heavy atom. The number of hydrogen-bond acceptors (Lipinski definition) is 5. The smallest absolute Gasteiger partial charge is 0.330 e. The van der Waals surface area contributed by atoms with Crippen molar-refractivity contribution >= 4 is 41.2 Å².